The first-order valence-corrected chi connectivity index (χ1v) is 17.7. The van der Waals surface area contributed by atoms with E-state index >= 15 is 0 Å². The number of anilines is 1. The van der Waals surface area contributed by atoms with Crippen LogP contribution in [0.4, 0.5) is 5.69 Å². The highest BCUT2D eigenvalue weighted by atomic mass is 32.2. The summed E-state index contributed by atoms with van der Waals surface area (Å²) in [6.45, 7) is 4.28. The van der Waals surface area contributed by atoms with E-state index in [9.17, 15) is 0 Å². The van der Waals surface area contributed by atoms with Gasteiger partial charge in [-0.25, -0.2) is 0 Å². The van der Waals surface area contributed by atoms with E-state index in [0.717, 1.165) is 38.8 Å². The number of fused-ring (bicyclic) bond motifs is 2. The van der Waals surface area contributed by atoms with Crippen molar-refractivity contribution in [3.8, 4) is 0 Å². The molecule has 2 heterocycles. The number of thiazole rings is 1. The van der Waals surface area contributed by atoms with E-state index in [4.69, 9.17) is 0 Å². The van der Waals surface area contributed by atoms with Gasteiger partial charge in [-0.15, -0.1) is 0 Å². The van der Waals surface area contributed by atoms with E-state index in [1.807, 2.05) is 23.1 Å². The molecule has 1 aliphatic heterocycles. The molecule has 0 saturated heterocycles. The van der Waals surface area contributed by atoms with Crippen LogP contribution in [0.1, 0.15) is 42.3 Å². The number of hydrogen-bond acceptors (Lipinski definition) is 3. The van der Waals surface area contributed by atoms with Crippen LogP contribution in [-0.4, -0.2) is 6.54 Å². The molecule has 0 amide bonds. The molecule has 7 rings (SSSR count). The van der Waals surface area contributed by atoms with Crippen molar-refractivity contribution in [1.82, 2.24) is 0 Å². The molecule has 5 aromatic rings. The first kappa shape index (κ1) is 29.6. The zero-order valence-electron chi connectivity index (χ0n) is 25.9. The minimum atomic E-state index is 0.977. The van der Waals surface area contributed by atoms with Crippen molar-refractivity contribution < 1.29 is 4.57 Å². The smallest absolute Gasteiger partial charge is 0.262 e. The summed E-state index contributed by atoms with van der Waals surface area (Å²) in [5.74, 6) is 0. The summed E-state index contributed by atoms with van der Waals surface area (Å²) in [5, 5.41) is 2.64. The van der Waals surface area contributed by atoms with Crippen LogP contribution in [0.5, 0.6) is 0 Å². The highest BCUT2D eigenvalue weighted by Crippen LogP contribution is 2.46. The van der Waals surface area contributed by atoms with Crippen LogP contribution < -0.4 is 9.47 Å². The number of rotatable bonds is 9. The maximum absolute atomic E-state index is 2.50. The lowest BCUT2D eigenvalue weighted by Gasteiger charge is -2.21. The number of benzene rings is 4. The Balaban J connectivity index is 1.13. The number of allylic oxidation sites excluding steroid dienone is 6. The summed E-state index contributed by atoms with van der Waals surface area (Å²) in [7, 11) is 0. The highest BCUT2D eigenvalue weighted by molar-refractivity contribution is 8.03. The summed E-state index contributed by atoms with van der Waals surface area (Å²) in [4.78, 5) is 3.85. The van der Waals surface area contributed by atoms with E-state index in [2.05, 4.69) is 150 Å². The maximum atomic E-state index is 2.50. The van der Waals surface area contributed by atoms with Gasteiger partial charge in [0.05, 0.1) is 10.7 Å². The number of aromatic nitrogens is 1. The van der Waals surface area contributed by atoms with E-state index in [0.29, 0.717) is 0 Å². The van der Waals surface area contributed by atoms with Gasteiger partial charge in [-0.1, -0.05) is 120 Å². The summed E-state index contributed by atoms with van der Waals surface area (Å²) >= 11 is 3.79. The molecular formula is C41H39N2S2+. The summed E-state index contributed by atoms with van der Waals surface area (Å²) in [5.41, 5.74) is 9.77. The Bertz CT molecular complexity index is 1910. The zero-order valence-corrected chi connectivity index (χ0v) is 27.5. The molecule has 0 fully saturated rings. The predicted octanol–water partition coefficient (Wildman–Crippen LogP) is 10.6. The molecule has 2 aliphatic rings. The van der Waals surface area contributed by atoms with Gasteiger partial charge in [0.2, 0.25) is 5.52 Å². The molecule has 0 saturated carbocycles. The van der Waals surface area contributed by atoms with Crippen molar-refractivity contribution in [3.63, 3.8) is 0 Å². The van der Waals surface area contributed by atoms with Crippen LogP contribution in [0.25, 0.3) is 16.3 Å². The Hall–Kier alpha value is -4.12. The lowest BCUT2D eigenvalue weighted by Crippen LogP contribution is -2.36. The molecule has 0 bridgehead atoms. The molecule has 0 N–H and O–H groups in total. The fourth-order valence-electron chi connectivity index (χ4n) is 6.40. The second-order valence-electron chi connectivity index (χ2n) is 11.8. The van der Waals surface area contributed by atoms with Crippen LogP contribution in [0.2, 0.25) is 0 Å². The number of para-hydroxylation sites is 2. The second kappa shape index (κ2) is 13.9. The van der Waals surface area contributed by atoms with Gasteiger partial charge in [0.15, 0.2) is 6.54 Å². The lowest BCUT2D eigenvalue weighted by atomic mass is 9.88. The van der Waals surface area contributed by atoms with Gasteiger partial charge in [-0.05, 0) is 84.7 Å². The Morgan fingerprint density at radius 2 is 1.44 bits per heavy atom. The van der Waals surface area contributed by atoms with Crippen molar-refractivity contribution in [1.29, 1.82) is 0 Å². The minimum absolute atomic E-state index is 0.977. The topological polar surface area (TPSA) is 7.12 Å². The van der Waals surface area contributed by atoms with E-state index < -0.39 is 0 Å². The van der Waals surface area contributed by atoms with Crippen LogP contribution >= 0.6 is 23.1 Å². The third kappa shape index (κ3) is 6.78. The Labute approximate surface area is 275 Å². The Morgan fingerprint density at radius 1 is 0.733 bits per heavy atom. The fraction of sp³-hybridized carbons (Fsp3) is 0.195. The quantitative estimate of drug-likeness (QED) is 0.151. The number of hydrogen-bond donors (Lipinski definition) is 0. The van der Waals surface area contributed by atoms with Crippen molar-refractivity contribution >= 4 is 45.1 Å². The molecule has 0 unspecified atom stereocenters. The summed E-state index contributed by atoms with van der Waals surface area (Å²) in [6.07, 6.45) is 15.0. The molecule has 4 aromatic carbocycles. The average molecular weight is 624 g/mol. The van der Waals surface area contributed by atoms with Gasteiger partial charge in [-0.2, -0.15) is 4.57 Å². The van der Waals surface area contributed by atoms with Gasteiger partial charge in [-0.3, -0.25) is 0 Å². The molecule has 45 heavy (non-hydrogen) atoms. The summed E-state index contributed by atoms with van der Waals surface area (Å²) < 4.78 is 3.85. The van der Waals surface area contributed by atoms with E-state index in [1.165, 1.54) is 65.1 Å². The van der Waals surface area contributed by atoms with Crippen LogP contribution in [0.15, 0.2) is 154 Å². The van der Waals surface area contributed by atoms with Crippen LogP contribution in [0, 0.1) is 0 Å². The number of nitrogens with zero attached hydrogens (tertiary/aromatic N) is 2. The van der Waals surface area contributed by atoms with E-state index in [-0.39, 0.29) is 0 Å². The normalized spacial score (nSPS) is 16.9. The molecule has 1 aliphatic carbocycles. The molecule has 0 radical (unpaired) electrons. The Morgan fingerprint density at radius 3 is 2.27 bits per heavy atom. The van der Waals surface area contributed by atoms with Crippen molar-refractivity contribution in [2.75, 3.05) is 11.4 Å². The largest absolute Gasteiger partial charge is 0.335 e. The molecule has 1 aromatic heterocycles. The van der Waals surface area contributed by atoms with Crippen molar-refractivity contribution in [3.05, 3.63) is 165 Å². The Kier molecular flexibility index (Phi) is 9.13. The molecule has 0 spiro atoms. The minimum Gasteiger partial charge on any atom is -0.335 e. The monoisotopic (exact) mass is 623 g/mol. The third-order valence-electron chi connectivity index (χ3n) is 8.92. The maximum Gasteiger partial charge on any atom is 0.262 e. The van der Waals surface area contributed by atoms with Gasteiger partial charge >= 0.3 is 0 Å². The first-order chi connectivity index (χ1) is 22.2. The lowest BCUT2D eigenvalue weighted by molar-refractivity contribution is -0.668. The molecule has 4 heteroatoms. The fourth-order valence-corrected chi connectivity index (χ4v) is 8.58. The number of thioether (sulfide) groups is 1. The van der Waals surface area contributed by atoms with Crippen LogP contribution in [0.3, 0.4) is 0 Å². The SMILES string of the molecule is CC1=C(/C=C/c2sc3ccccc3[n+]2CCc2ccccc2)CCC/C1=C\C=C1/Sc2ccccc2N1CCc1ccccc1. The molecule has 0 atom stereocenters. The van der Waals surface area contributed by atoms with Gasteiger partial charge in [0.25, 0.3) is 5.01 Å². The third-order valence-corrected chi connectivity index (χ3v) is 11.2. The van der Waals surface area contributed by atoms with Gasteiger partial charge < -0.3 is 4.90 Å². The second-order valence-corrected chi connectivity index (χ2v) is 13.9. The zero-order chi connectivity index (χ0) is 30.4. The standard InChI is InChI=1S/C41H39N2S2/c1-31-34(23-25-40-42(29-27-32-13-4-2-5-14-32)36-19-8-10-21-38(36)44-40)17-12-18-35(31)24-26-41-43(30-28-33-15-6-3-7-16-33)37-20-9-11-22-39(37)45-41/h2-11,13-16,19-26H,12,17-18,27-30H2,1H3/q+1. The average Bonchev–Trinajstić information content (AvgIpc) is 3.63. The van der Waals surface area contributed by atoms with Gasteiger partial charge in [0.1, 0.15) is 4.70 Å². The summed E-state index contributed by atoms with van der Waals surface area (Å²) in [6, 6.07) is 39.3. The molecular weight excluding hydrogens is 585 g/mol. The first-order valence-electron chi connectivity index (χ1n) is 16.1. The highest BCUT2D eigenvalue weighted by Gasteiger charge is 2.24. The van der Waals surface area contributed by atoms with Gasteiger partial charge in [0, 0.05) is 30.0 Å². The van der Waals surface area contributed by atoms with Crippen LogP contribution in [-0.2, 0) is 19.4 Å². The van der Waals surface area contributed by atoms with Crippen molar-refractivity contribution in [2.45, 2.75) is 50.5 Å². The predicted molar refractivity (Wildman–Crippen MR) is 194 cm³/mol. The van der Waals surface area contributed by atoms with E-state index in [1.54, 1.807) is 0 Å². The number of aryl methyl sites for hydroxylation is 2. The van der Waals surface area contributed by atoms with Crippen molar-refractivity contribution in [2.24, 2.45) is 0 Å². The molecule has 2 nitrogen and oxygen atoms in total. The molecule has 224 valence electrons.